The van der Waals surface area contributed by atoms with E-state index in [0.717, 1.165) is 5.56 Å². The number of halogens is 2. The topological polar surface area (TPSA) is 17.8 Å². The molecule has 2 rings (SSSR count). The number of nitrogens with zero attached hydrogens (tertiary/aromatic N) is 2. The van der Waals surface area contributed by atoms with Gasteiger partial charge in [0.15, 0.2) is 0 Å². The molecular weight excluding hydrogens is 215 g/mol. The summed E-state index contributed by atoms with van der Waals surface area (Å²) in [5.74, 6) is -0.297. The van der Waals surface area contributed by atoms with Gasteiger partial charge in [0, 0.05) is 11.8 Å². The third-order valence-corrected chi connectivity index (χ3v) is 2.41. The van der Waals surface area contributed by atoms with Gasteiger partial charge in [0.05, 0.1) is 11.6 Å². The summed E-state index contributed by atoms with van der Waals surface area (Å²) in [5, 5.41) is 3.94. The fourth-order valence-electron chi connectivity index (χ4n) is 1.31. The predicted octanol–water partition coefficient (Wildman–Crippen LogP) is 3.31. The Balaban J connectivity index is 2.42. The lowest BCUT2D eigenvalue weighted by molar-refractivity contribution is 0.611. The van der Waals surface area contributed by atoms with Crippen molar-refractivity contribution >= 4 is 11.6 Å². The number of hydrogen-bond donors (Lipinski definition) is 0. The first-order valence-corrected chi connectivity index (χ1v) is 5.05. The Hall–Kier alpha value is -1.35. The summed E-state index contributed by atoms with van der Waals surface area (Å²) in [6.45, 7) is 1.85. The molecule has 1 heterocycles. The number of alkyl halides is 1. The van der Waals surface area contributed by atoms with Crippen LogP contribution in [0, 0.1) is 5.82 Å². The molecule has 15 heavy (non-hydrogen) atoms. The Bertz CT molecular complexity index is 465. The SMILES string of the molecule is CC(Cl)c1cnn(-c2ccccc2F)c1. The minimum atomic E-state index is -0.297. The summed E-state index contributed by atoms with van der Waals surface area (Å²) < 4.78 is 14.9. The standard InChI is InChI=1S/C11H10ClFN2/c1-8(12)9-6-14-15(7-9)11-5-3-2-4-10(11)13/h2-8H,1H3. The van der Waals surface area contributed by atoms with Gasteiger partial charge in [-0.25, -0.2) is 9.07 Å². The highest BCUT2D eigenvalue weighted by Gasteiger charge is 2.08. The normalized spacial score (nSPS) is 12.7. The summed E-state index contributed by atoms with van der Waals surface area (Å²) in [5.41, 5.74) is 1.31. The van der Waals surface area contributed by atoms with Crippen molar-refractivity contribution in [1.29, 1.82) is 0 Å². The summed E-state index contributed by atoms with van der Waals surface area (Å²) in [7, 11) is 0. The molecule has 4 heteroatoms. The van der Waals surface area contributed by atoms with Gasteiger partial charge in [0.2, 0.25) is 0 Å². The highest BCUT2D eigenvalue weighted by molar-refractivity contribution is 6.20. The second-order valence-electron chi connectivity index (χ2n) is 3.29. The van der Waals surface area contributed by atoms with E-state index in [1.54, 1.807) is 30.6 Å². The van der Waals surface area contributed by atoms with Gasteiger partial charge < -0.3 is 0 Å². The first kappa shape index (κ1) is 10.2. The van der Waals surface area contributed by atoms with Crippen LogP contribution < -0.4 is 0 Å². The van der Waals surface area contributed by atoms with E-state index in [4.69, 9.17) is 11.6 Å². The van der Waals surface area contributed by atoms with Crippen molar-refractivity contribution in [3.05, 3.63) is 48.0 Å². The molecule has 0 N–H and O–H groups in total. The molecular formula is C11H10ClFN2. The minimum Gasteiger partial charge on any atom is -0.238 e. The number of para-hydroxylation sites is 1. The molecule has 0 aliphatic heterocycles. The molecule has 78 valence electrons. The maximum atomic E-state index is 13.4. The largest absolute Gasteiger partial charge is 0.238 e. The number of rotatable bonds is 2. The molecule has 0 fully saturated rings. The molecule has 0 radical (unpaired) electrons. The van der Waals surface area contributed by atoms with Crippen molar-refractivity contribution in [2.75, 3.05) is 0 Å². The molecule has 0 spiro atoms. The Kier molecular flexibility index (Phi) is 2.73. The second-order valence-corrected chi connectivity index (χ2v) is 3.94. The third-order valence-electron chi connectivity index (χ3n) is 2.16. The zero-order valence-corrected chi connectivity index (χ0v) is 8.95. The Morgan fingerprint density at radius 2 is 2.13 bits per heavy atom. The molecule has 0 saturated heterocycles. The summed E-state index contributed by atoms with van der Waals surface area (Å²) in [6.07, 6.45) is 3.38. The highest BCUT2D eigenvalue weighted by atomic mass is 35.5. The average Bonchev–Trinajstić information content (AvgIpc) is 2.67. The van der Waals surface area contributed by atoms with Crippen molar-refractivity contribution < 1.29 is 4.39 Å². The van der Waals surface area contributed by atoms with Crippen LogP contribution in [0.2, 0.25) is 0 Å². The van der Waals surface area contributed by atoms with E-state index < -0.39 is 0 Å². The Morgan fingerprint density at radius 3 is 2.73 bits per heavy atom. The molecule has 0 bridgehead atoms. The van der Waals surface area contributed by atoms with Crippen molar-refractivity contribution in [2.24, 2.45) is 0 Å². The first-order chi connectivity index (χ1) is 7.18. The van der Waals surface area contributed by atoms with Gasteiger partial charge in [-0.3, -0.25) is 0 Å². The van der Waals surface area contributed by atoms with Gasteiger partial charge in [0.1, 0.15) is 11.5 Å². The van der Waals surface area contributed by atoms with Gasteiger partial charge in [-0.2, -0.15) is 5.10 Å². The molecule has 1 atom stereocenters. The molecule has 0 amide bonds. The molecule has 1 aromatic carbocycles. The molecule has 1 aromatic heterocycles. The van der Waals surface area contributed by atoms with Crippen LogP contribution in [-0.2, 0) is 0 Å². The Morgan fingerprint density at radius 1 is 1.40 bits per heavy atom. The lowest BCUT2D eigenvalue weighted by atomic mass is 10.3. The quantitative estimate of drug-likeness (QED) is 0.716. The number of benzene rings is 1. The van der Waals surface area contributed by atoms with Gasteiger partial charge >= 0.3 is 0 Å². The summed E-state index contributed by atoms with van der Waals surface area (Å²) in [4.78, 5) is 0. The smallest absolute Gasteiger partial charge is 0.148 e. The molecule has 0 aliphatic rings. The summed E-state index contributed by atoms with van der Waals surface area (Å²) >= 11 is 5.90. The zero-order chi connectivity index (χ0) is 10.8. The minimum absolute atomic E-state index is 0.120. The molecule has 0 aliphatic carbocycles. The van der Waals surface area contributed by atoms with E-state index in [0.29, 0.717) is 5.69 Å². The van der Waals surface area contributed by atoms with Crippen LogP contribution in [0.25, 0.3) is 5.69 Å². The van der Waals surface area contributed by atoms with Gasteiger partial charge in [0.25, 0.3) is 0 Å². The van der Waals surface area contributed by atoms with Crippen molar-refractivity contribution in [3.63, 3.8) is 0 Å². The lowest BCUT2D eigenvalue weighted by Gasteiger charge is -2.01. The molecule has 0 saturated carbocycles. The van der Waals surface area contributed by atoms with Gasteiger partial charge in [-0.05, 0) is 19.1 Å². The van der Waals surface area contributed by atoms with E-state index in [1.807, 2.05) is 6.92 Å². The third kappa shape index (κ3) is 2.02. The van der Waals surface area contributed by atoms with Crippen LogP contribution in [0.3, 0.4) is 0 Å². The molecule has 1 unspecified atom stereocenters. The highest BCUT2D eigenvalue weighted by Crippen LogP contribution is 2.20. The van der Waals surface area contributed by atoms with Crippen LogP contribution in [0.15, 0.2) is 36.7 Å². The van der Waals surface area contributed by atoms with Gasteiger partial charge in [-0.1, -0.05) is 12.1 Å². The van der Waals surface area contributed by atoms with Crippen LogP contribution in [0.4, 0.5) is 4.39 Å². The van der Waals surface area contributed by atoms with Crippen molar-refractivity contribution in [2.45, 2.75) is 12.3 Å². The van der Waals surface area contributed by atoms with Crippen LogP contribution >= 0.6 is 11.6 Å². The monoisotopic (exact) mass is 224 g/mol. The first-order valence-electron chi connectivity index (χ1n) is 4.62. The second kappa shape index (κ2) is 4.03. The maximum Gasteiger partial charge on any atom is 0.148 e. The fraction of sp³-hybridized carbons (Fsp3) is 0.182. The number of hydrogen-bond acceptors (Lipinski definition) is 1. The maximum absolute atomic E-state index is 13.4. The van der Waals surface area contributed by atoms with Crippen LogP contribution in [-0.4, -0.2) is 9.78 Å². The van der Waals surface area contributed by atoms with Crippen molar-refractivity contribution in [1.82, 2.24) is 9.78 Å². The zero-order valence-electron chi connectivity index (χ0n) is 8.19. The average molecular weight is 225 g/mol. The summed E-state index contributed by atoms with van der Waals surface area (Å²) in [6, 6.07) is 6.49. The number of aromatic nitrogens is 2. The molecule has 2 aromatic rings. The van der Waals surface area contributed by atoms with E-state index in [2.05, 4.69) is 5.10 Å². The van der Waals surface area contributed by atoms with Gasteiger partial charge in [-0.15, -0.1) is 11.6 Å². The van der Waals surface area contributed by atoms with Crippen LogP contribution in [0.5, 0.6) is 0 Å². The lowest BCUT2D eigenvalue weighted by Crippen LogP contribution is -1.97. The van der Waals surface area contributed by atoms with E-state index in [1.165, 1.54) is 10.7 Å². The van der Waals surface area contributed by atoms with Crippen molar-refractivity contribution in [3.8, 4) is 5.69 Å². The predicted molar refractivity (Wildman–Crippen MR) is 57.8 cm³/mol. The van der Waals surface area contributed by atoms with E-state index in [-0.39, 0.29) is 11.2 Å². The molecule has 2 nitrogen and oxygen atoms in total. The van der Waals surface area contributed by atoms with E-state index in [9.17, 15) is 4.39 Å². The fourth-order valence-corrected chi connectivity index (χ4v) is 1.42. The Labute approximate surface area is 92.3 Å². The van der Waals surface area contributed by atoms with E-state index >= 15 is 0 Å². The van der Waals surface area contributed by atoms with Crippen LogP contribution in [0.1, 0.15) is 17.9 Å².